The zero-order valence-electron chi connectivity index (χ0n) is 20.0. The molecule has 1 unspecified atom stereocenters. The van der Waals surface area contributed by atoms with Crippen molar-refractivity contribution >= 4 is 11.0 Å². The van der Waals surface area contributed by atoms with E-state index in [1.54, 1.807) is 6.20 Å². The normalized spacial score (nSPS) is 17.9. The number of hydrogen-bond donors (Lipinski definition) is 0. The molecule has 0 saturated carbocycles. The number of rotatable bonds is 7. The first-order valence-corrected chi connectivity index (χ1v) is 13.2. The lowest BCUT2D eigenvalue weighted by Crippen LogP contribution is -2.37. The maximum absolute atomic E-state index is 12.8. The predicted molar refractivity (Wildman–Crippen MR) is 135 cm³/mol. The Labute approximate surface area is 213 Å². The summed E-state index contributed by atoms with van der Waals surface area (Å²) >= 11 is 0. The van der Waals surface area contributed by atoms with E-state index in [1.807, 2.05) is 52.8 Å². The Bertz CT molecular complexity index is 1250. The lowest BCUT2D eigenvalue weighted by atomic mass is 10.1. The summed E-state index contributed by atoms with van der Waals surface area (Å²) in [5, 5.41) is 9.69. The molecule has 3 heterocycles. The number of morpholine rings is 1. The topological polar surface area (TPSA) is 97.6 Å². The van der Waals surface area contributed by atoms with E-state index in [0.717, 1.165) is 34.6 Å². The van der Waals surface area contributed by atoms with Gasteiger partial charge in [-0.1, -0.05) is 12.1 Å². The monoisotopic (exact) mass is 504 g/mol. The van der Waals surface area contributed by atoms with Gasteiger partial charge >= 0.3 is 0 Å². The maximum atomic E-state index is 12.8. The molecule has 0 aliphatic carbocycles. The van der Waals surface area contributed by atoms with Gasteiger partial charge in [-0.15, -0.1) is 0 Å². The molecule has 0 amide bonds. The van der Waals surface area contributed by atoms with Crippen molar-refractivity contribution in [2.75, 3.05) is 39.5 Å². The number of ether oxygens (including phenoxy) is 3. The van der Waals surface area contributed by atoms with Gasteiger partial charge in [0, 0.05) is 44.1 Å². The highest BCUT2D eigenvalue weighted by Crippen LogP contribution is 2.28. The quantitative estimate of drug-likeness (QED) is 0.486. The minimum Gasteiger partial charge on any atom is -0.489 e. The van der Waals surface area contributed by atoms with Crippen LogP contribution in [0.15, 0.2) is 59.6 Å². The van der Waals surface area contributed by atoms with Gasteiger partial charge < -0.3 is 14.2 Å². The van der Waals surface area contributed by atoms with Crippen molar-refractivity contribution in [2.24, 2.45) is 0 Å². The van der Waals surface area contributed by atoms with E-state index < -0.39 is 11.0 Å². The zero-order valence-corrected chi connectivity index (χ0v) is 20.8. The van der Waals surface area contributed by atoms with Crippen LogP contribution in [0.4, 0.5) is 0 Å². The Morgan fingerprint density at radius 1 is 1.03 bits per heavy atom. The van der Waals surface area contributed by atoms with Crippen molar-refractivity contribution in [3.05, 3.63) is 71.7 Å². The van der Waals surface area contributed by atoms with Crippen LogP contribution in [0.5, 0.6) is 5.75 Å². The molecule has 0 bridgehead atoms. The highest BCUT2D eigenvalue weighted by Gasteiger charge is 2.19. The number of nitrogens with zero attached hydrogens (tertiary/aromatic N) is 4. The van der Waals surface area contributed by atoms with Gasteiger partial charge in [-0.2, -0.15) is 5.26 Å². The molecular weight excluding hydrogens is 476 g/mol. The van der Waals surface area contributed by atoms with Gasteiger partial charge in [-0.25, -0.2) is 18.5 Å². The van der Waals surface area contributed by atoms with Gasteiger partial charge in [0.25, 0.3) is 0 Å². The third-order valence-corrected chi connectivity index (χ3v) is 7.76. The van der Waals surface area contributed by atoms with E-state index in [4.69, 9.17) is 19.2 Å². The van der Waals surface area contributed by atoms with Crippen molar-refractivity contribution < 1.29 is 18.4 Å². The van der Waals surface area contributed by atoms with Gasteiger partial charge in [-0.3, -0.25) is 0 Å². The van der Waals surface area contributed by atoms with Gasteiger partial charge in [0.1, 0.15) is 34.7 Å². The standard InChI is InChI=1S/C27H28N4O4S/c28-19-22-18-21(3-6-26(22)35-23-8-13-33-14-9-23)25-7-10-29-27(30-25)17-20-1-4-24(5-2-20)36(32)31-11-15-34-16-12-31/h1-7,10,18,23H,8-9,11-17H2. The van der Waals surface area contributed by atoms with E-state index in [-0.39, 0.29) is 6.10 Å². The number of hydrogen-bond acceptors (Lipinski definition) is 7. The largest absolute Gasteiger partial charge is 0.489 e. The fraction of sp³-hybridized carbons (Fsp3) is 0.370. The van der Waals surface area contributed by atoms with E-state index in [0.29, 0.717) is 63.1 Å². The summed E-state index contributed by atoms with van der Waals surface area (Å²) in [6, 6.07) is 17.4. The SMILES string of the molecule is N#Cc1cc(-c2ccnc(Cc3ccc(S(=O)N4CCOCC4)cc3)n2)ccc1OC1CCOCC1. The summed E-state index contributed by atoms with van der Waals surface area (Å²) in [6.07, 6.45) is 4.00. The Kier molecular flexibility index (Phi) is 7.98. The van der Waals surface area contributed by atoms with Crippen LogP contribution in [0.3, 0.4) is 0 Å². The minimum absolute atomic E-state index is 0.0695. The van der Waals surface area contributed by atoms with Crippen LogP contribution >= 0.6 is 0 Å². The molecule has 1 atom stereocenters. The first kappa shape index (κ1) is 24.5. The third kappa shape index (κ3) is 5.97. The lowest BCUT2D eigenvalue weighted by molar-refractivity contribution is 0.0254. The second kappa shape index (κ2) is 11.7. The molecule has 0 N–H and O–H groups in total. The van der Waals surface area contributed by atoms with Crippen molar-refractivity contribution in [1.29, 1.82) is 5.26 Å². The van der Waals surface area contributed by atoms with E-state index >= 15 is 0 Å². The van der Waals surface area contributed by atoms with Crippen LogP contribution in [-0.4, -0.2) is 64.1 Å². The second-order valence-corrected chi connectivity index (χ2v) is 10.2. The van der Waals surface area contributed by atoms with Crippen molar-refractivity contribution in [3.8, 4) is 23.1 Å². The Hall–Kier alpha value is -3.16. The summed E-state index contributed by atoms with van der Waals surface area (Å²) in [4.78, 5) is 9.94. The minimum atomic E-state index is -1.18. The molecule has 186 valence electrons. The van der Waals surface area contributed by atoms with Crippen LogP contribution in [0.25, 0.3) is 11.3 Å². The average molecular weight is 505 g/mol. The molecular formula is C27H28N4O4S. The highest BCUT2D eigenvalue weighted by atomic mass is 32.2. The first-order valence-electron chi connectivity index (χ1n) is 12.1. The maximum Gasteiger partial charge on any atom is 0.137 e. The molecule has 3 aromatic rings. The van der Waals surface area contributed by atoms with Gasteiger partial charge in [0.15, 0.2) is 0 Å². The molecule has 0 radical (unpaired) electrons. The Morgan fingerprint density at radius 2 is 1.78 bits per heavy atom. The van der Waals surface area contributed by atoms with E-state index in [2.05, 4.69) is 11.1 Å². The molecule has 9 heteroatoms. The van der Waals surface area contributed by atoms with Crippen LogP contribution in [0.2, 0.25) is 0 Å². The lowest BCUT2D eigenvalue weighted by Gasteiger charge is -2.25. The van der Waals surface area contributed by atoms with E-state index in [1.165, 1.54) is 0 Å². The number of aromatic nitrogens is 2. The summed E-state index contributed by atoms with van der Waals surface area (Å²) in [6.45, 7) is 3.93. The Balaban J connectivity index is 1.27. The summed E-state index contributed by atoms with van der Waals surface area (Å²) < 4.78 is 31.5. The van der Waals surface area contributed by atoms with Crippen LogP contribution in [0, 0.1) is 11.3 Å². The summed E-state index contributed by atoms with van der Waals surface area (Å²) in [7, 11) is -1.18. The first-order chi connectivity index (χ1) is 17.7. The molecule has 2 aromatic carbocycles. The smallest absolute Gasteiger partial charge is 0.137 e. The molecule has 2 aliphatic heterocycles. The van der Waals surface area contributed by atoms with Crippen molar-refractivity contribution in [1.82, 2.24) is 14.3 Å². The van der Waals surface area contributed by atoms with Crippen molar-refractivity contribution in [3.63, 3.8) is 0 Å². The van der Waals surface area contributed by atoms with Gasteiger partial charge in [-0.05, 0) is 42.0 Å². The molecule has 0 spiro atoms. The molecule has 2 fully saturated rings. The van der Waals surface area contributed by atoms with Crippen LogP contribution < -0.4 is 4.74 Å². The zero-order chi connectivity index (χ0) is 24.7. The summed E-state index contributed by atoms with van der Waals surface area (Å²) in [5.74, 6) is 1.27. The fourth-order valence-corrected chi connectivity index (χ4v) is 5.41. The molecule has 1 aromatic heterocycles. The second-order valence-electron chi connectivity index (χ2n) is 8.72. The average Bonchev–Trinajstić information content (AvgIpc) is 2.94. The van der Waals surface area contributed by atoms with E-state index in [9.17, 15) is 9.47 Å². The van der Waals surface area contributed by atoms with Crippen molar-refractivity contribution in [2.45, 2.75) is 30.3 Å². The third-order valence-electron chi connectivity index (χ3n) is 6.25. The molecule has 36 heavy (non-hydrogen) atoms. The summed E-state index contributed by atoms with van der Waals surface area (Å²) in [5.41, 5.74) is 3.11. The molecule has 2 aliphatic rings. The number of nitriles is 1. The van der Waals surface area contributed by atoms with Crippen LogP contribution in [0.1, 0.15) is 29.8 Å². The predicted octanol–water partition coefficient (Wildman–Crippen LogP) is 3.52. The Morgan fingerprint density at radius 3 is 2.53 bits per heavy atom. The fourth-order valence-electron chi connectivity index (χ4n) is 4.27. The molecule has 2 saturated heterocycles. The number of benzene rings is 2. The van der Waals surface area contributed by atoms with Gasteiger partial charge in [0.05, 0.1) is 42.6 Å². The highest BCUT2D eigenvalue weighted by molar-refractivity contribution is 7.82. The van der Waals surface area contributed by atoms with Crippen LogP contribution in [-0.2, 0) is 26.9 Å². The molecule has 5 rings (SSSR count). The van der Waals surface area contributed by atoms with Gasteiger partial charge in [0.2, 0.25) is 0 Å². The molecule has 8 nitrogen and oxygen atoms in total.